The minimum absolute atomic E-state index is 0.0493. The number of nitrogen functional groups attached to an aromatic ring is 1. The number of H-pyrrole nitrogens is 1. The van der Waals surface area contributed by atoms with E-state index in [2.05, 4.69) is 10.2 Å². The summed E-state index contributed by atoms with van der Waals surface area (Å²) in [5.41, 5.74) is 11.5. The highest BCUT2D eigenvalue weighted by molar-refractivity contribution is 7.18. The van der Waals surface area contributed by atoms with Crippen molar-refractivity contribution in [2.45, 2.75) is 12.8 Å². The molecule has 3 aromatic heterocycles. The van der Waals surface area contributed by atoms with E-state index in [1.54, 1.807) is 22.4 Å². The quantitative estimate of drug-likeness (QED) is 0.358. The predicted octanol–water partition coefficient (Wildman–Crippen LogP) is 5.35. The molecule has 1 aliphatic heterocycles. The van der Waals surface area contributed by atoms with E-state index in [1.165, 1.54) is 0 Å². The van der Waals surface area contributed by atoms with Crippen LogP contribution in [0.1, 0.15) is 11.1 Å². The van der Waals surface area contributed by atoms with Crippen LogP contribution in [0.25, 0.3) is 32.6 Å². The number of carbonyl (C=O) groups excluding carboxylic acids is 1. The molecule has 174 valence electrons. The number of halogens is 2. The van der Waals surface area contributed by atoms with E-state index in [1.807, 2.05) is 35.7 Å². The molecule has 5 aromatic rings. The molecule has 0 spiro atoms. The maximum Gasteiger partial charge on any atom is 0.231 e. The zero-order chi connectivity index (χ0) is 24.1. The smallest absolute Gasteiger partial charge is 0.231 e. The Hall–Kier alpha value is -4.11. The maximum atomic E-state index is 14.1. The number of hydrogen-bond acceptors (Lipinski definition) is 5. The van der Waals surface area contributed by atoms with Gasteiger partial charge in [0, 0.05) is 45.2 Å². The molecule has 0 atom stereocenters. The van der Waals surface area contributed by atoms with Gasteiger partial charge < -0.3 is 10.6 Å². The third kappa shape index (κ3) is 3.64. The molecule has 0 fully saturated rings. The van der Waals surface area contributed by atoms with E-state index in [9.17, 15) is 13.6 Å². The molecule has 6 nitrogen and oxygen atoms in total. The highest BCUT2D eigenvalue weighted by Crippen LogP contribution is 2.42. The fraction of sp³-hybridized carbons (Fsp3) is 0.115. The third-order valence-corrected chi connectivity index (χ3v) is 7.24. The van der Waals surface area contributed by atoms with Crippen LogP contribution in [-0.4, -0.2) is 27.6 Å². The Bertz CT molecular complexity index is 1600. The van der Waals surface area contributed by atoms with Crippen LogP contribution >= 0.6 is 11.3 Å². The molecule has 0 unspecified atom stereocenters. The number of benzene rings is 2. The van der Waals surface area contributed by atoms with E-state index < -0.39 is 11.6 Å². The monoisotopic (exact) mass is 487 g/mol. The summed E-state index contributed by atoms with van der Waals surface area (Å²) in [4.78, 5) is 19.3. The number of aromatic nitrogens is 3. The highest BCUT2D eigenvalue weighted by atomic mass is 32.1. The molecule has 0 saturated carbocycles. The zero-order valence-corrected chi connectivity index (χ0v) is 19.2. The minimum Gasteiger partial charge on any atom is -0.383 e. The number of thiophene rings is 1. The topological polar surface area (TPSA) is 87.9 Å². The number of amides is 1. The van der Waals surface area contributed by atoms with Gasteiger partial charge in [-0.25, -0.2) is 13.8 Å². The van der Waals surface area contributed by atoms with Gasteiger partial charge >= 0.3 is 0 Å². The summed E-state index contributed by atoms with van der Waals surface area (Å²) >= 11 is 1.59. The first kappa shape index (κ1) is 21.4. The minimum atomic E-state index is -0.589. The number of anilines is 2. The average Bonchev–Trinajstić information content (AvgIpc) is 3.61. The summed E-state index contributed by atoms with van der Waals surface area (Å²) in [7, 11) is 0. The number of aromatic amines is 1. The summed E-state index contributed by atoms with van der Waals surface area (Å²) in [5.74, 6) is -0.979. The normalized spacial score (nSPS) is 12.9. The van der Waals surface area contributed by atoms with Crippen molar-refractivity contribution in [1.29, 1.82) is 0 Å². The molecule has 0 aliphatic carbocycles. The first-order valence-corrected chi connectivity index (χ1v) is 11.9. The molecule has 6 rings (SSSR count). The van der Waals surface area contributed by atoms with Crippen molar-refractivity contribution in [1.82, 2.24) is 15.2 Å². The number of rotatable bonds is 4. The number of nitrogens with two attached hydrogens (primary N) is 1. The number of fused-ring (bicyclic) bond motifs is 2. The molecule has 9 heteroatoms. The molecular weight excluding hydrogens is 468 g/mol. The van der Waals surface area contributed by atoms with Gasteiger partial charge in [0.25, 0.3) is 0 Å². The van der Waals surface area contributed by atoms with Gasteiger partial charge in [0.2, 0.25) is 5.91 Å². The number of pyridine rings is 1. The van der Waals surface area contributed by atoms with E-state index in [0.29, 0.717) is 18.8 Å². The second-order valence-corrected chi connectivity index (χ2v) is 9.32. The summed E-state index contributed by atoms with van der Waals surface area (Å²) in [6.07, 6.45) is 2.14. The van der Waals surface area contributed by atoms with Crippen molar-refractivity contribution < 1.29 is 13.6 Å². The molecule has 4 heterocycles. The van der Waals surface area contributed by atoms with Crippen LogP contribution in [0, 0.1) is 11.6 Å². The number of carbonyl (C=O) groups is 1. The SMILES string of the molecule is Nc1nc(-c2ccc3c(c2)CCN3C(=O)Cc2cc(F)ccc2F)c(-c2ccn[nH]2)c2sccc12. The van der Waals surface area contributed by atoms with Crippen molar-refractivity contribution in [2.75, 3.05) is 17.2 Å². The Morgan fingerprint density at radius 1 is 1.14 bits per heavy atom. The fourth-order valence-corrected chi connectivity index (χ4v) is 5.61. The van der Waals surface area contributed by atoms with Gasteiger partial charge in [-0.05, 0) is 59.8 Å². The van der Waals surface area contributed by atoms with Gasteiger partial charge in [0.15, 0.2) is 0 Å². The van der Waals surface area contributed by atoms with Crippen LogP contribution in [0.2, 0.25) is 0 Å². The molecule has 2 aromatic carbocycles. The lowest BCUT2D eigenvalue weighted by Crippen LogP contribution is -2.30. The Morgan fingerprint density at radius 2 is 2.03 bits per heavy atom. The largest absolute Gasteiger partial charge is 0.383 e. The lowest BCUT2D eigenvalue weighted by atomic mass is 9.99. The number of nitrogens with zero attached hydrogens (tertiary/aromatic N) is 3. The molecule has 0 saturated heterocycles. The fourth-order valence-electron chi connectivity index (χ4n) is 4.65. The van der Waals surface area contributed by atoms with Gasteiger partial charge in [-0.1, -0.05) is 6.07 Å². The molecular formula is C26H19F2N5OS. The second kappa shape index (κ2) is 8.28. The van der Waals surface area contributed by atoms with Crippen LogP contribution in [-0.2, 0) is 17.6 Å². The summed E-state index contributed by atoms with van der Waals surface area (Å²) in [6.45, 7) is 0.474. The molecule has 35 heavy (non-hydrogen) atoms. The van der Waals surface area contributed by atoms with E-state index in [0.717, 1.165) is 62.1 Å². The lowest BCUT2D eigenvalue weighted by molar-refractivity contribution is -0.117. The van der Waals surface area contributed by atoms with Crippen LogP contribution in [0.4, 0.5) is 20.3 Å². The van der Waals surface area contributed by atoms with Crippen LogP contribution < -0.4 is 10.6 Å². The Labute approximate surface area is 203 Å². The van der Waals surface area contributed by atoms with Crippen molar-refractivity contribution >= 4 is 38.8 Å². The molecule has 0 radical (unpaired) electrons. The maximum absolute atomic E-state index is 14.1. The summed E-state index contributed by atoms with van der Waals surface area (Å²) in [6, 6.07) is 12.8. The molecule has 1 amide bonds. The lowest BCUT2D eigenvalue weighted by Gasteiger charge is -2.18. The van der Waals surface area contributed by atoms with Gasteiger partial charge in [-0.2, -0.15) is 5.10 Å². The summed E-state index contributed by atoms with van der Waals surface area (Å²) in [5, 5.41) is 10.0. The van der Waals surface area contributed by atoms with Crippen LogP contribution in [0.5, 0.6) is 0 Å². The van der Waals surface area contributed by atoms with Crippen molar-refractivity contribution in [2.24, 2.45) is 0 Å². The van der Waals surface area contributed by atoms with Crippen molar-refractivity contribution in [3.8, 4) is 22.5 Å². The standard InChI is InChI=1S/C26H19F2N5OS/c27-17-2-3-19(28)16(12-17)13-22(34)33-9-6-14-11-15(1-4-21(14)33)24-23(20-5-8-30-32-20)25-18(7-10-35-25)26(29)31-24/h1-5,7-8,10-12H,6,9,13H2,(H2,29,31)(H,30,32). The van der Waals surface area contributed by atoms with Gasteiger partial charge in [-0.15, -0.1) is 11.3 Å². The third-order valence-electron chi connectivity index (χ3n) is 6.31. The number of nitrogens with one attached hydrogen (secondary N) is 1. The van der Waals surface area contributed by atoms with Crippen LogP contribution in [0.15, 0.2) is 60.1 Å². The van der Waals surface area contributed by atoms with Crippen molar-refractivity contribution in [3.05, 3.63) is 82.9 Å². The molecule has 1 aliphatic rings. The van der Waals surface area contributed by atoms with Crippen LogP contribution in [0.3, 0.4) is 0 Å². The van der Waals surface area contributed by atoms with Crippen molar-refractivity contribution in [3.63, 3.8) is 0 Å². The molecule has 0 bridgehead atoms. The number of hydrogen-bond donors (Lipinski definition) is 2. The zero-order valence-electron chi connectivity index (χ0n) is 18.4. The van der Waals surface area contributed by atoms with Gasteiger partial charge in [-0.3, -0.25) is 9.89 Å². The summed E-state index contributed by atoms with van der Waals surface area (Å²) < 4.78 is 28.6. The molecule has 3 N–H and O–H groups in total. The predicted molar refractivity (Wildman–Crippen MR) is 133 cm³/mol. The first-order chi connectivity index (χ1) is 17.0. The average molecular weight is 488 g/mol. The Morgan fingerprint density at radius 3 is 2.86 bits per heavy atom. The Balaban J connectivity index is 1.38. The van der Waals surface area contributed by atoms with Gasteiger partial charge in [0.1, 0.15) is 17.5 Å². The van der Waals surface area contributed by atoms with Gasteiger partial charge in [0.05, 0.1) is 17.8 Å². The van der Waals surface area contributed by atoms with E-state index in [4.69, 9.17) is 10.7 Å². The van der Waals surface area contributed by atoms with E-state index >= 15 is 0 Å². The van der Waals surface area contributed by atoms with E-state index in [-0.39, 0.29) is 17.9 Å². The Kier molecular flexibility index (Phi) is 5.07. The first-order valence-electron chi connectivity index (χ1n) is 11.0. The highest BCUT2D eigenvalue weighted by Gasteiger charge is 2.27. The second-order valence-electron chi connectivity index (χ2n) is 8.41.